The van der Waals surface area contributed by atoms with Gasteiger partial charge in [-0.3, -0.25) is 4.79 Å². The molecule has 0 fully saturated rings. The van der Waals surface area contributed by atoms with E-state index in [2.05, 4.69) is 20.7 Å². The van der Waals surface area contributed by atoms with Crippen molar-refractivity contribution in [3.8, 4) is 0 Å². The summed E-state index contributed by atoms with van der Waals surface area (Å²) in [7, 11) is 1.36. The number of ether oxygens (including phenoxy) is 7. The average Bonchev–Trinajstić information content (AvgIpc) is 2.63. The molecule has 150 valence electrons. The highest BCUT2D eigenvalue weighted by Gasteiger charge is 1.99. The number of halogens is 1. The van der Waals surface area contributed by atoms with E-state index in [-0.39, 0.29) is 12.4 Å². The molecule has 0 radical (unpaired) electrons. The van der Waals surface area contributed by atoms with Crippen LogP contribution in [0.3, 0.4) is 0 Å². The van der Waals surface area contributed by atoms with Crippen LogP contribution in [0.15, 0.2) is 0 Å². The Morgan fingerprint density at radius 3 is 1.24 bits per heavy atom. The largest absolute Gasteiger partial charge is 0.469 e. The van der Waals surface area contributed by atoms with Crippen molar-refractivity contribution < 1.29 is 38.0 Å². The van der Waals surface area contributed by atoms with E-state index in [0.29, 0.717) is 79.3 Å². The van der Waals surface area contributed by atoms with Gasteiger partial charge in [-0.15, -0.1) is 0 Å². The Morgan fingerprint density at radius 2 is 0.920 bits per heavy atom. The fourth-order valence-corrected chi connectivity index (χ4v) is 1.74. The highest BCUT2D eigenvalue weighted by atomic mass is 79.9. The highest BCUT2D eigenvalue weighted by molar-refractivity contribution is 9.09. The van der Waals surface area contributed by atoms with E-state index in [1.165, 1.54) is 7.11 Å². The predicted molar refractivity (Wildman–Crippen MR) is 95.3 cm³/mol. The van der Waals surface area contributed by atoms with Gasteiger partial charge in [-0.2, -0.15) is 0 Å². The smallest absolute Gasteiger partial charge is 0.307 e. The number of alkyl halides is 1. The van der Waals surface area contributed by atoms with Crippen LogP contribution in [-0.2, 0) is 38.0 Å². The minimum absolute atomic E-state index is 0.259. The molecule has 0 aliphatic carbocycles. The maximum Gasteiger partial charge on any atom is 0.307 e. The normalized spacial score (nSPS) is 11.0. The zero-order chi connectivity index (χ0) is 18.4. The third-order valence-electron chi connectivity index (χ3n) is 2.76. The van der Waals surface area contributed by atoms with Gasteiger partial charge in [-0.25, -0.2) is 0 Å². The Balaban J connectivity index is 2.99. The number of hydrogen-bond donors (Lipinski definition) is 0. The molecule has 9 heteroatoms. The van der Waals surface area contributed by atoms with Crippen LogP contribution in [0.4, 0.5) is 0 Å². The molecule has 8 nitrogen and oxygen atoms in total. The van der Waals surface area contributed by atoms with Crippen LogP contribution in [0, 0.1) is 0 Å². The number of carbonyl (C=O) groups excluding carboxylic acids is 1. The van der Waals surface area contributed by atoms with Crippen LogP contribution >= 0.6 is 15.9 Å². The van der Waals surface area contributed by atoms with Crippen LogP contribution < -0.4 is 0 Å². The van der Waals surface area contributed by atoms with Crippen LogP contribution in [-0.4, -0.2) is 97.7 Å². The minimum Gasteiger partial charge on any atom is -0.469 e. The molecule has 0 saturated carbocycles. The number of methoxy groups -OCH3 is 1. The van der Waals surface area contributed by atoms with Gasteiger partial charge in [-0.05, 0) is 0 Å². The standard InChI is InChI=1S/C16H31BrO8/c1-19-16(18)2-4-20-6-8-22-10-12-24-14-15-25-13-11-23-9-7-21-5-3-17/h2-15H2,1H3. The van der Waals surface area contributed by atoms with Crippen LogP contribution in [0.5, 0.6) is 0 Å². The monoisotopic (exact) mass is 430 g/mol. The fraction of sp³-hybridized carbons (Fsp3) is 0.938. The molecule has 0 atom stereocenters. The van der Waals surface area contributed by atoms with Crippen LogP contribution in [0.1, 0.15) is 6.42 Å². The molecule has 0 rings (SSSR count). The summed E-state index contributed by atoms with van der Waals surface area (Å²) < 4.78 is 36.3. The van der Waals surface area contributed by atoms with Crippen LogP contribution in [0.25, 0.3) is 0 Å². The van der Waals surface area contributed by atoms with Crippen molar-refractivity contribution in [1.82, 2.24) is 0 Å². The van der Waals surface area contributed by atoms with Gasteiger partial charge in [0.2, 0.25) is 0 Å². The lowest BCUT2D eigenvalue weighted by Crippen LogP contribution is -2.14. The first-order valence-electron chi connectivity index (χ1n) is 8.40. The Kier molecular flexibility index (Phi) is 21.5. The lowest BCUT2D eigenvalue weighted by atomic mass is 10.5. The second-order valence-corrected chi connectivity index (χ2v) is 5.48. The first kappa shape index (κ1) is 24.7. The molecule has 0 unspecified atom stereocenters. The summed E-state index contributed by atoms with van der Waals surface area (Å²) in [6.07, 6.45) is 0.259. The highest BCUT2D eigenvalue weighted by Crippen LogP contribution is 1.88. The van der Waals surface area contributed by atoms with Crippen LogP contribution in [0.2, 0.25) is 0 Å². The molecule has 0 aromatic heterocycles. The summed E-state index contributed by atoms with van der Waals surface area (Å²) in [5.74, 6) is -0.276. The Hall–Kier alpha value is -0.290. The van der Waals surface area contributed by atoms with E-state index in [0.717, 1.165) is 5.33 Å². The second kappa shape index (κ2) is 21.8. The van der Waals surface area contributed by atoms with Crippen molar-refractivity contribution in [2.45, 2.75) is 6.42 Å². The van der Waals surface area contributed by atoms with Crippen molar-refractivity contribution in [1.29, 1.82) is 0 Å². The lowest BCUT2D eigenvalue weighted by Gasteiger charge is -2.08. The summed E-state index contributed by atoms with van der Waals surface area (Å²) in [6, 6.07) is 0. The maximum atomic E-state index is 10.8. The van der Waals surface area contributed by atoms with Gasteiger partial charge in [0, 0.05) is 5.33 Å². The van der Waals surface area contributed by atoms with Gasteiger partial charge in [0.25, 0.3) is 0 Å². The molecule has 25 heavy (non-hydrogen) atoms. The van der Waals surface area contributed by atoms with E-state index in [1.54, 1.807) is 0 Å². The summed E-state index contributed by atoms with van der Waals surface area (Å²) in [5.41, 5.74) is 0. The van der Waals surface area contributed by atoms with E-state index < -0.39 is 0 Å². The molecule has 0 aromatic rings. The van der Waals surface area contributed by atoms with E-state index in [1.807, 2.05) is 0 Å². The molecule has 0 aliphatic heterocycles. The summed E-state index contributed by atoms with van der Waals surface area (Å²) in [4.78, 5) is 10.8. The fourth-order valence-electron chi connectivity index (χ4n) is 1.51. The van der Waals surface area contributed by atoms with Crippen molar-refractivity contribution in [3.63, 3.8) is 0 Å². The number of esters is 1. The second-order valence-electron chi connectivity index (χ2n) is 4.69. The van der Waals surface area contributed by atoms with Gasteiger partial charge < -0.3 is 33.2 Å². The third-order valence-corrected chi connectivity index (χ3v) is 3.08. The molecular weight excluding hydrogens is 400 g/mol. The molecule has 0 bridgehead atoms. The van der Waals surface area contributed by atoms with Gasteiger partial charge in [0.1, 0.15) is 0 Å². The van der Waals surface area contributed by atoms with Gasteiger partial charge >= 0.3 is 5.97 Å². The number of hydrogen-bond acceptors (Lipinski definition) is 8. The summed E-state index contributed by atoms with van der Waals surface area (Å²) in [5, 5.41) is 0.839. The maximum absolute atomic E-state index is 10.8. The molecule has 0 amide bonds. The minimum atomic E-state index is -0.276. The van der Waals surface area contributed by atoms with Crippen molar-refractivity contribution >= 4 is 21.9 Å². The molecule has 0 N–H and O–H groups in total. The SMILES string of the molecule is COC(=O)CCOCCOCCOCCOCCOCCOCCBr. The van der Waals surface area contributed by atoms with E-state index >= 15 is 0 Å². The quantitative estimate of drug-likeness (QED) is 0.161. The zero-order valence-electron chi connectivity index (χ0n) is 15.0. The molecule has 0 aliphatic rings. The summed E-state index contributed by atoms with van der Waals surface area (Å²) >= 11 is 3.28. The molecule has 0 aromatic carbocycles. The summed E-state index contributed by atoms with van der Waals surface area (Å²) in [6.45, 7) is 6.29. The van der Waals surface area contributed by atoms with Crippen molar-refractivity contribution in [3.05, 3.63) is 0 Å². The lowest BCUT2D eigenvalue weighted by molar-refractivity contribution is -0.141. The van der Waals surface area contributed by atoms with Gasteiger partial charge in [0.15, 0.2) is 0 Å². The Labute approximate surface area is 158 Å². The van der Waals surface area contributed by atoms with Gasteiger partial charge in [-0.1, -0.05) is 15.9 Å². The molecule has 0 spiro atoms. The third kappa shape index (κ3) is 21.7. The van der Waals surface area contributed by atoms with Gasteiger partial charge in [0.05, 0.1) is 92.8 Å². The average molecular weight is 431 g/mol. The molecule has 0 heterocycles. The first-order valence-corrected chi connectivity index (χ1v) is 9.52. The Bertz CT molecular complexity index is 281. The zero-order valence-corrected chi connectivity index (χ0v) is 16.6. The van der Waals surface area contributed by atoms with E-state index in [4.69, 9.17) is 28.4 Å². The van der Waals surface area contributed by atoms with Crippen molar-refractivity contribution in [2.75, 3.05) is 91.7 Å². The molecular formula is C16H31BrO8. The Morgan fingerprint density at radius 1 is 0.600 bits per heavy atom. The van der Waals surface area contributed by atoms with Crippen molar-refractivity contribution in [2.24, 2.45) is 0 Å². The topological polar surface area (TPSA) is 81.7 Å². The number of carbonyl (C=O) groups is 1. The first-order chi connectivity index (χ1) is 12.3. The molecule has 0 saturated heterocycles. The van der Waals surface area contributed by atoms with E-state index in [9.17, 15) is 4.79 Å². The predicted octanol–water partition coefficient (Wildman–Crippen LogP) is 1.04. The number of rotatable bonds is 20.